The number of halogens is 1. The van der Waals surface area contributed by atoms with Crippen molar-refractivity contribution >= 4 is 39.1 Å². The van der Waals surface area contributed by atoms with Crippen LogP contribution in [0.15, 0.2) is 53.0 Å². The second-order valence-electron chi connectivity index (χ2n) is 6.57. The molecule has 28 heavy (non-hydrogen) atoms. The zero-order valence-corrected chi connectivity index (χ0v) is 17.2. The summed E-state index contributed by atoms with van der Waals surface area (Å²) in [5, 5.41) is 5.77. The molecule has 1 aliphatic rings. The van der Waals surface area contributed by atoms with E-state index in [9.17, 15) is 9.59 Å². The minimum absolute atomic E-state index is 0.0875. The third kappa shape index (κ3) is 6.07. The van der Waals surface area contributed by atoms with Gasteiger partial charge in [0, 0.05) is 30.5 Å². The Labute approximate surface area is 173 Å². The standard InChI is InChI=1S/C21H24BrN3O3/c22-17-6-7-19(25-10-12-28-13-11-25)18(15-17)24-20(26)8-9-23-21(27)14-16-4-2-1-3-5-16/h1-7,15H,8-14H2,(H,23,27)(H,24,26). The molecular formula is C21H24BrN3O3. The van der Waals surface area contributed by atoms with Crippen LogP contribution in [0.2, 0.25) is 0 Å². The molecule has 148 valence electrons. The minimum atomic E-state index is -0.132. The number of morpholine rings is 1. The summed E-state index contributed by atoms with van der Waals surface area (Å²) in [5.74, 6) is -0.219. The van der Waals surface area contributed by atoms with Crippen LogP contribution in [0, 0.1) is 0 Å². The van der Waals surface area contributed by atoms with Crippen molar-refractivity contribution < 1.29 is 14.3 Å². The highest BCUT2D eigenvalue weighted by atomic mass is 79.9. The summed E-state index contributed by atoms with van der Waals surface area (Å²) in [7, 11) is 0. The molecule has 7 heteroatoms. The summed E-state index contributed by atoms with van der Waals surface area (Å²) in [6.07, 6.45) is 0.533. The third-order valence-corrected chi connectivity index (χ3v) is 4.96. The molecule has 0 aliphatic carbocycles. The lowest BCUT2D eigenvalue weighted by Gasteiger charge is -2.30. The topological polar surface area (TPSA) is 70.7 Å². The molecule has 0 saturated carbocycles. The van der Waals surface area contributed by atoms with Crippen LogP contribution in [0.5, 0.6) is 0 Å². The van der Waals surface area contributed by atoms with Crippen LogP contribution < -0.4 is 15.5 Å². The highest BCUT2D eigenvalue weighted by Crippen LogP contribution is 2.30. The number of rotatable bonds is 7. The first-order valence-electron chi connectivity index (χ1n) is 9.34. The number of nitrogens with one attached hydrogen (secondary N) is 2. The van der Waals surface area contributed by atoms with E-state index in [1.165, 1.54) is 0 Å². The lowest BCUT2D eigenvalue weighted by Crippen LogP contribution is -2.37. The Hall–Kier alpha value is -2.38. The molecule has 1 aliphatic heterocycles. The number of hydrogen-bond acceptors (Lipinski definition) is 4. The molecule has 1 saturated heterocycles. The first kappa shape index (κ1) is 20.4. The number of anilines is 2. The van der Waals surface area contributed by atoms with Crippen LogP contribution in [0.4, 0.5) is 11.4 Å². The monoisotopic (exact) mass is 445 g/mol. The molecule has 0 aromatic heterocycles. The van der Waals surface area contributed by atoms with Gasteiger partial charge < -0.3 is 20.3 Å². The molecule has 0 unspecified atom stereocenters. The fourth-order valence-corrected chi connectivity index (χ4v) is 3.42. The number of ether oxygens (including phenoxy) is 1. The maximum absolute atomic E-state index is 12.4. The fraction of sp³-hybridized carbons (Fsp3) is 0.333. The number of carbonyl (C=O) groups excluding carboxylic acids is 2. The number of hydrogen-bond donors (Lipinski definition) is 2. The maximum Gasteiger partial charge on any atom is 0.226 e. The quantitative estimate of drug-likeness (QED) is 0.686. The summed E-state index contributed by atoms with van der Waals surface area (Å²) in [6, 6.07) is 15.4. The second-order valence-corrected chi connectivity index (χ2v) is 7.49. The number of amides is 2. The van der Waals surface area contributed by atoms with Gasteiger partial charge in [-0.3, -0.25) is 9.59 Å². The lowest BCUT2D eigenvalue weighted by atomic mass is 10.1. The zero-order valence-electron chi connectivity index (χ0n) is 15.6. The molecule has 2 amide bonds. The third-order valence-electron chi connectivity index (χ3n) is 4.47. The van der Waals surface area contributed by atoms with Gasteiger partial charge in [-0.1, -0.05) is 46.3 Å². The van der Waals surface area contributed by atoms with Gasteiger partial charge in [0.05, 0.1) is 31.0 Å². The summed E-state index contributed by atoms with van der Waals surface area (Å²) in [5.41, 5.74) is 2.69. The average Bonchev–Trinajstić information content (AvgIpc) is 2.69. The maximum atomic E-state index is 12.4. The van der Waals surface area contributed by atoms with E-state index in [-0.39, 0.29) is 18.2 Å². The van der Waals surface area contributed by atoms with Crippen molar-refractivity contribution in [2.45, 2.75) is 12.8 Å². The van der Waals surface area contributed by atoms with Gasteiger partial charge in [-0.15, -0.1) is 0 Å². The Balaban J connectivity index is 1.50. The van der Waals surface area contributed by atoms with Crippen molar-refractivity contribution in [3.05, 3.63) is 58.6 Å². The first-order chi connectivity index (χ1) is 13.6. The van der Waals surface area contributed by atoms with E-state index < -0.39 is 0 Å². The van der Waals surface area contributed by atoms with Crippen molar-refractivity contribution in [3.8, 4) is 0 Å². The van der Waals surface area contributed by atoms with E-state index >= 15 is 0 Å². The summed E-state index contributed by atoms with van der Waals surface area (Å²) in [6.45, 7) is 3.24. The highest BCUT2D eigenvalue weighted by Gasteiger charge is 2.16. The molecule has 2 aromatic carbocycles. The van der Waals surface area contributed by atoms with Gasteiger partial charge in [0.2, 0.25) is 11.8 Å². The predicted octanol–water partition coefficient (Wildman–Crippen LogP) is 2.97. The van der Waals surface area contributed by atoms with Crippen LogP contribution >= 0.6 is 15.9 Å². The summed E-state index contributed by atoms with van der Waals surface area (Å²) >= 11 is 3.46. The average molecular weight is 446 g/mol. The number of carbonyl (C=O) groups is 2. The van der Waals surface area contributed by atoms with E-state index in [0.717, 1.165) is 34.5 Å². The molecule has 0 radical (unpaired) electrons. The molecule has 2 aromatic rings. The van der Waals surface area contributed by atoms with E-state index in [4.69, 9.17) is 4.74 Å². The molecule has 3 rings (SSSR count). The van der Waals surface area contributed by atoms with E-state index in [1.54, 1.807) is 0 Å². The van der Waals surface area contributed by atoms with Gasteiger partial charge in [0.15, 0.2) is 0 Å². The Morgan fingerprint density at radius 3 is 2.54 bits per heavy atom. The SMILES string of the molecule is O=C(Cc1ccccc1)NCCC(=O)Nc1cc(Br)ccc1N1CCOCC1. The molecule has 0 atom stereocenters. The van der Waals surface area contributed by atoms with Gasteiger partial charge in [-0.2, -0.15) is 0 Å². The molecule has 1 fully saturated rings. The van der Waals surface area contributed by atoms with Crippen molar-refractivity contribution in [2.75, 3.05) is 43.1 Å². The summed E-state index contributed by atoms with van der Waals surface area (Å²) < 4.78 is 6.30. The predicted molar refractivity (Wildman–Crippen MR) is 114 cm³/mol. The molecule has 0 bridgehead atoms. The Morgan fingerprint density at radius 2 is 1.79 bits per heavy atom. The Morgan fingerprint density at radius 1 is 1.04 bits per heavy atom. The molecule has 0 spiro atoms. The van der Waals surface area contributed by atoms with Crippen LogP contribution in [-0.4, -0.2) is 44.7 Å². The number of nitrogens with zero attached hydrogens (tertiary/aromatic N) is 1. The van der Waals surface area contributed by atoms with Crippen LogP contribution in [0.3, 0.4) is 0 Å². The van der Waals surface area contributed by atoms with Crippen molar-refractivity contribution in [1.29, 1.82) is 0 Å². The fourth-order valence-electron chi connectivity index (χ4n) is 3.06. The zero-order chi connectivity index (χ0) is 19.8. The Kier molecular flexibility index (Phi) is 7.45. The minimum Gasteiger partial charge on any atom is -0.378 e. The first-order valence-corrected chi connectivity index (χ1v) is 10.1. The van der Waals surface area contributed by atoms with Gasteiger partial charge in [0.25, 0.3) is 0 Å². The second kappa shape index (κ2) is 10.2. The molecule has 6 nitrogen and oxygen atoms in total. The lowest BCUT2D eigenvalue weighted by molar-refractivity contribution is -0.120. The molecular weight excluding hydrogens is 422 g/mol. The van der Waals surface area contributed by atoms with E-state index in [0.29, 0.717) is 26.2 Å². The van der Waals surface area contributed by atoms with Gasteiger partial charge in [0.1, 0.15) is 0 Å². The largest absolute Gasteiger partial charge is 0.378 e. The van der Waals surface area contributed by atoms with Gasteiger partial charge in [-0.25, -0.2) is 0 Å². The van der Waals surface area contributed by atoms with E-state index in [1.807, 2.05) is 48.5 Å². The Bertz CT molecular complexity index is 808. The van der Waals surface area contributed by atoms with Gasteiger partial charge in [-0.05, 0) is 23.8 Å². The summed E-state index contributed by atoms with van der Waals surface area (Å²) in [4.78, 5) is 26.6. The van der Waals surface area contributed by atoms with Gasteiger partial charge >= 0.3 is 0 Å². The van der Waals surface area contributed by atoms with Crippen molar-refractivity contribution in [1.82, 2.24) is 5.32 Å². The van der Waals surface area contributed by atoms with Crippen molar-refractivity contribution in [3.63, 3.8) is 0 Å². The van der Waals surface area contributed by atoms with E-state index in [2.05, 4.69) is 31.5 Å². The van der Waals surface area contributed by atoms with Crippen LogP contribution in [0.1, 0.15) is 12.0 Å². The van der Waals surface area contributed by atoms with Crippen LogP contribution in [0.25, 0.3) is 0 Å². The van der Waals surface area contributed by atoms with Crippen LogP contribution in [-0.2, 0) is 20.7 Å². The number of benzene rings is 2. The highest BCUT2D eigenvalue weighted by molar-refractivity contribution is 9.10. The van der Waals surface area contributed by atoms with Crippen molar-refractivity contribution in [2.24, 2.45) is 0 Å². The normalized spacial score (nSPS) is 13.8. The molecule has 1 heterocycles. The smallest absolute Gasteiger partial charge is 0.226 e. The molecule has 2 N–H and O–H groups in total.